The summed E-state index contributed by atoms with van der Waals surface area (Å²) >= 11 is 3.41. The standard InChI is InChI=1S/C26H26BrN5O5/c1-3-13-30(26(34)19-8-7-17(2)22(15-19)32(35)36)16-23(33)31-14-5-4-6-21(31)25-28-24(29-37-25)18-9-11-20(27)12-10-18/h3,7-12,15,21H,1,4-6,13-14,16H2,2H3. The Morgan fingerprint density at radius 3 is 2.73 bits per heavy atom. The summed E-state index contributed by atoms with van der Waals surface area (Å²) < 4.78 is 6.49. The van der Waals surface area contributed by atoms with E-state index < -0.39 is 16.9 Å². The Morgan fingerprint density at radius 2 is 2.03 bits per heavy atom. The summed E-state index contributed by atoms with van der Waals surface area (Å²) in [6.07, 6.45) is 3.89. The molecule has 2 heterocycles. The lowest BCUT2D eigenvalue weighted by Crippen LogP contribution is -2.46. The predicted molar refractivity (Wildman–Crippen MR) is 140 cm³/mol. The van der Waals surface area contributed by atoms with Gasteiger partial charge in [-0.1, -0.05) is 33.2 Å². The molecule has 1 saturated heterocycles. The van der Waals surface area contributed by atoms with Crippen molar-refractivity contribution in [2.75, 3.05) is 19.6 Å². The minimum Gasteiger partial charge on any atom is -0.337 e. The monoisotopic (exact) mass is 567 g/mol. The Kier molecular flexibility index (Phi) is 8.12. The molecule has 0 aliphatic carbocycles. The molecule has 1 fully saturated rings. The predicted octanol–water partition coefficient (Wildman–Crippen LogP) is 5.10. The molecule has 1 aromatic heterocycles. The van der Waals surface area contributed by atoms with Crippen molar-refractivity contribution in [2.45, 2.75) is 32.2 Å². The quantitative estimate of drug-likeness (QED) is 0.211. The second kappa shape index (κ2) is 11.5. The zero-order valence-electron chi connectivity index (χ0n) is 20.3. The van der Waals surface area contributed by atoms with Crippen LogP contribution in [0.2, 0.25) is 0 Å². The van der Waals surface area contributed by atoms with Crippen LogP contribution in [-0.4, -0.2) is 56.3 Å². The molecule has 11 heteroatoms. The summed E-state index contributed by atoms with van der Waals surface area (Å²) in [6.45, 7) is 5.69. The third-order valence-electron chi connectivity index (χ3n) is 6.27. The maximum atomic E-state index is 13.4. The second-order valence-corrected chi connectivity index (χ2v) is 9.71. The van der Waals surface area contributed by atoms with Crippen molar-refractivity contribution >= 4 is 33.4 Å². The van der Waals surface area contributed by atoms with Gasteiger partial charge in [-0.3, -0.25) is 19.7 Å². The first kappa shape index (κ1) is 26.2. The van der Waals surface area contributed by atoms with Gasteiger partial charge in [-0.2, -0.15) is 4.98 Å². The van der Waals surface area contributed by atoms with Crippen LogP contribution in [0.25, 0.3) is 11.4 Å². The van der Waals surface area contributed by atoms with Crippen molar-refractivity contribution in [3.8, 4) is 11.4 Å². The van der Waals surface area contributed by atoms with E-state index in [2.05, 4.69) is 32.6 Å². The van der Waals surface area contributed by atoms with Crippen LogP contribution in [0.5, 0.6) is 0 Å². The number of nitro groups is 1. The molecule has 1 aliphatic heterocycles. The third-order valence-corrected chi connectivity index (χ3v) is 6.80. The largest absolute Gasteiger partial charge is 0.337 e. The Balaban J connectivity index is 1.53. The lowest BCUT2D eigenvalue weighted by Gasteiger charge is -2.35. The number of rotatable bonds is 8. The molecule has 0 spiro atoms. The van der Waals surface area contributed by atoms with Crippen LogP contribution in [-0.2, 0) is 4.79 Å². The number of benzene rings is 2. The molecule has 10 nitrogen and oxygen atoms in total. The van der Waals surface area contributed by atoms with Gasteiger partial charge in [0, 0.05) is 40.3 Å². The van der Waals surface area contributed by atoms with Gasteiger partial charge in [-0.05, 0) is 56.5 Å². The average Bonchev–Trinajstić information content (AvgIpc) is 3.39. The number of hydrogen-bond donors (Lipinski definition) is 0. The van der Waals surface area contributed by atoms with E-state index in [1.807, 2.05) is 24.3 Å². The van der Waals surface area contributed by atoms with Crippen LogP contribution < -0.4 is 0 Å². The Hall–Kier alpha value is -3.86. The van der Waals surface area contributed by atoms with Crippen LogP contribution in [0.4, 0.5) is 5.69 Å². The van der Waals surface area contributed by atoms with Gasteiger partial charge in [0.05, 0.1) is 4.92 Å². The SMILES string of the molecule is C=CCN(CC(=O)N1CCCCC1c1nc(-c2ccc(Br)cc2)no1)C(=O)c1ccc(C)c([N+](=O)[O-])c1. The summed E-state index contributed by atoms with van der Waals surface area (Å²) in [5.41, 5.74) is 1.23. The number of aromatic nitrogens is 2. The average molecular weight is 568 g/mol. The lowest BCUT2D eigenvalue weighted by molar-refractivity contribution is -0.385. The van der Waals surface area contributed by atoms with Gasteiger partial charge in [0.15, 0.2) is 0 Å². The Morgan fingerprint density at radius 1 is 1.27 bits per heavy atom. The molecule has 0 saturated carbocycles. The molecule has 0 radical (unpaired) electrons. The number of aryl methyl sites for hydroxylation is 1. The molecule has 37 heavy (non-hydrogen) atoms. The number of hydrogen-bond acceptors (Lipinski definition) is 7. The zero-order valence-corrected chi connectivity index (χ0v) is 21.9. The molecule has 4 rings (SSSR count). The van der Waals surface area contributed by atoms with Gasteiger partial charge in [-0.15, -0.1) is 6.58 Å². The van der Waals surface area contributed by atoms with Crippen molar-refractivity contribution < 1.29 is 19.0 Å². The van der Waals surface area contributed by atoms with Crippen molar-refractivity contribution in [1.29, 1.82) is 0 Å². The molecule has 3 aromatic rings. The van der Waals surface area contributed by atoms with Crippen molar-refractivity contribution in [3.63, 3.8) is 0 Å². The summed E-state index contributed by atoms with van der Waals surface area (Å²) in [4.78, 5) is 45.0. The molecule has 1 unspecified atom stereocenters. The first-order valence-electron chi connectivity index (χ1n) is 11.8. The maximum absolute atomic E-state index is 13.4. The van der Waals surface area contributed by atoms with Crippen molar-refractivity contribution in [3.05, 3.63) is 86.7 Å². The van der Waals surface area contributed by atoms with E-state index in [0.29, 0.717) is 30.2 Å². The number of carbonyl (C=O) groups is 2. The van der Waals surface area contributed by atoms with Crippen LogP contribution in [0, 0.1) is 17.0 Å². The smallest absolute Gasteiger partial charge is 0.273 e. The van der Waals surface area contributed by atoms with Gasteiger partial charge in [0.2, 0.25) is 17.6 Å². The fourth-order valence-electron chi connectivity index (χ4n) is 4.32. The topological polar surface area (TPSA) is 123 Å². The fraction of sp³-hybridized carbons (Fsp3) is 0.308. The fourth-order valence-corrected chi connectivity index (χ4v) is 4.59. The molecule has 1 atom stereocenters. The molecule has 0 bridgehead atoms. The van der Waals surface area contributed by atoms with Crippen LogP contribution >= 0.6 is 15.9 Å². The lowest BCUT2D eigenvalue weighted by atomic mass is 10.0. The number of nitro benzene ring substituents is 1. The molecule has 1 aliphatic rings. The highest BCUT2D eigenvalue weighted by Gasteiger charge is 2.33. The van der Waals surface area contributed by atoms with E-state index in [-0.39, 0.29) is 30.2 Å². The second-order valence-electron chi connectivity index (χ2n) is 8.79. The summed E-state index contributed by atoms with van der Waals surface area (Å²) in [7, 11) is 0. The Bertz CT molecular complexity index is 1320. The molecule has 2 amide bonds. The number of likely N-dealkylation sites (tertiary alicyclic amines) is 1. The molecular formula is C26H26BrN5O5. The number of nitrogens with zero attached hydrogens (tertiary/aromatic N) is 5. The van der Waals surface area contributed by atoms with E-state index in [0.717, 1.165) is 22.9 Å². The van der Waals surface area contributed by atoms with Gasteiger partial charge in [0.25, 0.3) is 11.6 Å². The minimum absolute atomic E-state index is 0.110. The highest BCUT2D eigenvalue weighted by molar-refractivity contribution is 9.10. The number of amides is 2. The van der Waals surface area contributed by atoms with Gasteiger partial charge in [-0.25, -0.2) is 0 Å². The van der Waals surface area contributed by atoms with E-state index in [9.17, 15) is 19.7 Å². The van der Waals surface area contributed by atoms with E-state index in [1.54, 1.807) is 11.8 Å². The highest BCUT2D eigenvalue weighted by Crippen LogP contribution is 2.32. The molecule has 0 N–H and O–H groups in total. The van der Waals surface area contributed by atoms with Crippen molar-refractivity contribution in [2.24, 2.45) is 0 Å². The zero-order chi connectivity index (χ0) is 26.5. The number of carbonyl (C=O) groups excluding carboxylic acids is 2. The van der Waals surface area contributed by atoms with Gasteiger partial charge < -0.3 is 14.3 Å². The maximum Gasteiger partial charge on any atom is 0.273 e. The Labute approximate surface area is 222 Å². The highest BCUT2D eigenvalue weighted by atomic mass is 79.9. The van der Waals surface area contributed by atoms with Crippen molar-refractivity contribution in [1.82, 2.24) is 19.9 Å². The number of halogens is 1. The summed E-state index contributed by atoms with van der Waals surface area (Å²) in [5, 5.41) is 15.4. The normalized spacial score (nSPS) is 15.3. The van der Waals surface area contributed by atoms with Gasteiger partial charge >= 0.3 is 0 Å². The first-order chi connectivity index (χ1) is 17.8. The van der Waals surface area contributed by atoms with E-state index in [1.165, 1.54) is 29.2 Å². The van der Waals surface area contributed by atoms with Crippen LogP contribution in [0.3, 0.4) is 0 Å². The minimum atomic E-state index is -0.527. The van der Waals surface area contributed by atoms with E-state index >= 15 is 0 Å². The first-order valence-corrected chi connectivity index (χ1v) is 12.6. The van der Waals surface area contributed by atoms with Gasteiger partial charge in [0.1, 0.15) is 12.6 Å². The summed E-state index contributed by atoms with van der Waals surface area (Å²) in [5.74, 6) is 0.0248. The summed E-state index contributed by atoms with van der Waals surface area (Å²) in [6, 6.07) is 11.4. The molecular weight excluding hydrogens is 542 g/mol. The van der Waals surface area contributed by atoms with E-state index in [4.69, 9.17) is 4.52 Å². The molecule has 2 aromatic carbocycles. The van der Waals surface area contributed by atoms with Crippen LogP contribution in [0.15, 0.2) is 64.1 Å². The third kappa shape index (κ3) is 5.93. The molecule has 192 valence electrons. The van der Waals surface area contributed by atoms with Crippen LogP contribution in [0.1, 0.15) is 47.1 Å². The number of piperidine rings is 1.